The number of piperazine rings is 1. The van der Waals surface area contributed by atoms with E-state index < -0.39 is 12.4 Å². The van der Waals surface area contributed by atoms with Crippen LogP contribution in [0.25, 0.3) is 16.2 Å². The van der Waals surface area contributed by atoms with Crippen LogP contribution in [0.2, 0.25) is 0 Å². The minimum Gasteiger partial charge on any atom is -0.494 e. The number of aldehydes is 1. The summed E-state index contributed by atoms with van der Waals surface area (Å²) in [6.07, 6.45) is 4.45. The molecule has 0 spiro atoms. The summed E-state index contributed by atoms with van der Waals surface area (Å²) < 4.78 is 18.0. The zero-order chi connectivity index (χ0) is 29.4. The van der Waals surface area contributed by atoms with Crippen LogP contribution in [-0.4, -0.2) is 69.4 Å². The number of nitrogens with zero attached hydrogens (tertiary/aromatic N) is 3. The largest absolute Gasteiger partial charge is 0.516 e. The second-order valence-electron chi connectivity index (χ2n) is 10.6. The van der Waals surface area contributed by atoms with Crippen LogP contribution in [0.4, 0.5) is 16.2 Å². The first-order chi connectivity index (χ1) is 21.2. The van der Waals surface area contributed by atoms with Gasteiger partial charge in [0.2, 0.25) is 6.23 Å². The summed E-state index contributed by atoms with van der Waals surface area (Å²) in [5.41, 5.74) is 3.03. The molecule has 0 amide bonds. The maximum Gasteiger partial charge on any atom is 0.516 e. The number of hydrogen-bond donors (Lipinski definition) is 0. The molecule has 1 atom stereocenters. The minimum absolute atomic E-state index is 0.348. The van der Waals surface area contributed by atoms with E-state index in [4.69, 9.17) is 14.2 Å². The summed E-state index contributed by atoms with van der Waals surface area (Å²) in [5.74, 6) is 1.06. The van der Waals surface area contributed by atoms with E-state index in [9.17, 15) is 9.59 Å². The predicted octanol–water partition coefficient (Wildman–Crippen LogP) is 6.46. The quantitative estimate of drug-likeness (QED) is 0.0845. The van der Waals surface area contributed by atoms with Gasteiger partial charge in [-0.2, -0.15) is 0 Å². The Bertz CT molecular complexity index is 1560. The molecule has 222 valence electrons. The van der Waals surface area contributed by atoms with Gasteiger partial charge in [-0.05, 0) is 72.8 Å². The van der Waals surface area contributed by atoms with Gasteiger partial charge in [-0.3, -0.25) is 9.69 Å². The van der Waals surface area contributed by atoms with Gasteiger partial charge in [0.1, 0.15) is 11.5 Å². The molecule has 1 aromatic heterocycles. The number of anilines is 2. The molecule has 0 N–H and O–H groups in total. The van der Waals surface area contributed by atoms with Gasteiger partial charge in [-0.1, -0.05) is 36.4 Å². The van der Waals surface area contributed by atoms with Gasteiger partial charge >= 0.3 is 6.16 Å². The van der Waals surface area contributed by atoms with Crippen molar-refractivity contribution < 1.29 is 23.8 Å². The van der Waals surface area contributed by atoms with E-state index in [-0.39, 0.29) is 0 Å². The molecular formula is C34H35N3O5S. The molecule has 0 aliphatic carbocycles. The molecule has 2 aliphatic rings. The molecule has 43 heavy (non-hydrogen) atoms. The summed E-state index contributed by atoms with van der Waals surface area (Å²) in [5, 5.41) is 3.53. The van der Waals surface area contributed by atoms with Gasteiger partial charge in [0, 0.05) is 54.6 Å². The molecule has 0 bridgehead atoms. The summed E-state index contributed by atoms with van der Waals surface area (Å²) in [6, 6.07) is 23.2. The van der Waals surface area contributed by atoms with Gasteiger partial charge in [0.05, 0.1) is 12.3 Å². The zero-order valence-corrected chi connectivity index (χ0v) is 24.8. The second-order valence-corrected chi connectivity index (χ2v) is 11.5. The first-order valence-electron chi connectivity index (χ1n) is 14.7. The maximum atomic E-state index is 12.4. The molecular weight excluding hydrogens is 562 g/mol. The van der Waals surface area contributed by atoms with Crippen LogP contribution in [0.1, 0.15) is 18.4 Å². The van der Waals surface area contributed by atoms with Crippen molar-refractivity contribution in [1.82, 2.24) is 4.90 Å². The van der Waals surface area contributed by atoms with Crippen LogP contribution in [0, 0.1) is 0 Å². The Kier molecular flexibility index (Phi) is 9.20. The molecule has 0 radical (unpaired) electrons. The van der Waals surface area contributed by atoms with E-state index in [0.717, 1.165) is 56.8 Å². The van der Waals surface area contributed by atoms with Crippen LogP contribution in [0.3, 0.4) is 0 Å². The molecule has 4 aromatic rings. The summed E-state index contributed by atoms with van der Waals surface area (Å²) in [7, 11) is 0. The van der Waals surface area contributed by atoms with Gasteiger partial charge in [0.15, 0.2) is 6.29 Å². The lowest BCUT2D eigenvalue weighted by molar-refractivity contribution is -0.115. The van der Waals surface area contributed by atoms with Gasteiger partial charge in [-0.25, -0.2) is 4.79 Å². The highest BCUT2D eigenvalue weighted by Crippen LogP contribution is 2.33. The van der Waals surface area contributed by atoms with Crippen LogP contribution in [0.15, 0.2) is 84.3 Å². The van der Waals surface area contributed by atoms with Crippen molar-refractivity contribution in [3.8, 4) is 11.5 Å². The topological polar surface area (TPSA) is 71.5 Å². The van der Waals surface area contributed by atoms with E-state index in [0.29, 0.717) is 30.9 Å². The van der Waals surface area contributed by atoms with Gasteiger partial charge in [-0.15, -0.1) is 11.3 Å². The van der Waals surface area contributed by atoms with Crippen LogP contribution >= 0.6 is 11.3 Å². The average Bonchev–Trinajstić information content (AvgIpc) is 3.53. The van der Waals surface area contributed by atoms with E-state index >= 15 is 0 Å². The fraction of sp³-hybridized carbons (Fsp3) is 0.294. The highest BCUT2D eigenvalue weighted by Gasteiger charge is 2.26. The molecule has 8 nitrogen and oxygen atoms in total. The third-order valence-corrected chi connectivity index (χ3v) is 8.70. The maximum absolute atomic E-state index is 12.4. The highest BCUT2D eigenvalue weighted by molar-refractivity contribution is 7.17. The number of thiophene rings is 1. The minimum atomic E-state index is -1.13. The summed E-state index contributed by atoms with van der Waals surface area (Å²) >= 11 is 1.80. The zero-order valence-electron chi connectivity index (χ0n) is 24.0. The number of ether oxygens (including phenoxy) is 3. The van der Waals surface area contributed by atoms with Crippen molar-refractivity contribution in [3.05, 3.63) is 89.8 Å². The van der Waals surface area contributed by atoms with Crippen molar-refractivity contribution in [2.75, 3.05) is 55.7 Å². The number of rotatable bonds is 11. The third-order valence-electron chi connectivity index (χ3n) is 7.82. The number of para-hydroxylation sites is 1. The lowest BCUT2D eigenvalue weighted by Gasteiger charge is -2.36. The first kappa shape index (κ1) is 28.8. The van der Waals surface area contributed by atoms with E-state index in [1.54, 1.807) is 40.5 Å². The number of unbranched alkanes of at least 4 members (excludes halogenated alkanes) is 1. The van der Waals surface area contributed by atoms with Crippen molar-refractivity contribution in [2.45, 2.75) is 19.1 Å². The number of fused-ring (bicyclic) bond motifs is 2. The Morgan fingerprint density at radius 3 is 2.60 bits per heavy atom. The van der Waals surface area contributed by atoms with Crippen molar-refractivity contribution >= 4 is 51.3 Å². The van der Waals surface area contributed by atoms with Crippen LogP contribution in [-0.2, 0) is 9.53 Å². The Morgan fingerprint density at radius 2 is 1.77 bits per heavy atom. The molecule has 3 heterocycles. The average molecular weight is 598 g/mol. The normalized spacial score (nSPS) is 15.6. The van der Waals surface area contributed by atoms with Crippen LogP contribution < -0.4 is 19.3 Å². The molecule has 2 aliphatic heterocycles. The Hall–Kier alpha value is -4.34. The van der Waals surface area contributed by atoms with Crippen molar-refractivity contribution in [2.24, 2.45) is 0 Å². The number of carbonyl (C=O) groups is 2. The molecule has 1 fully saturated rings. The SMILES string of the molecule is O=CC(OC(=O)Oc1ccccc1)N1CC=Cc2ccc(OCCCCN3CCN(c4cccc5sccc45)CC3)cc21. The molecule has 6 rings (SSSR count). The molecule has 9 heteroatoms. The van der Waals surface area contributed by atoms with E-state index in [1.807, 2.05) is 36.4 Å². The highest BCUT2D eigenvalue weighted by atomic mass is 32.1. The number of hydrogen-bond acceptors (Lipinski definition) is 9. The fourth-order valence-electron chi connectivity index (χ4n) is 5.60. The van der Waals surface area contributed by atoms with Crippen molar-refractivity contribution in [3.63, 3.8) is 0 Å². The Balaban J connectivity index is 0.963. The molecule has 1 unspecified atom stereocenters. The molecule has 1 saturated heterocycles. The van der Waals surface area contributed by atoms with Crippen molar-refractivity contribution in [1.29, 1.82) is 0 Å². The lowest BCUT2D eigenvalue weighted by Crippen LogP contribution is -2.46. The second kappa shape index (κ2) is 13.8. The Labute approximate surface area is 255 Å². The molecule has 3 aromatic carbocycles. The lowest BCUT2D eigenvalue weighted by atomic mass is 10.1. The number of carbonyl (C=O) groups excluding carboxylic acids is 2. The third kappa shape index (κ3) is 7.01. The summed E-state index contributed by atoms with van der Waals surface area (Å²) in [4.78, 5) is 31.1. The van der Waals surface area contributed by atoms with Crippen LogP contribution in [0.5, 0.6) is 11.5 Å². The predicted molar refractivity (Wildman–Crippen MR) is 171 cm³/mol. The number of benzene rings is 3. The monoisotopic (exact) mass is 597 g/mol. The molecule has 0 saturated carbocycles. The fourth-order valence-corrected chi connectivity index (χ4v) is 6.41. The summed E-state index contributed by atoms with van der Waals surface area (Å²) in [6.45, 7) is 6.28. The van der Waals surface area contributed by atoms with E-state index in [1.165, 1.54) is 15.8 Å². The van der Waals surface area contributed by atoms with E-state index in [2.05, 4.69) is 39.4 Å². The first-order valence-corrected chi connectivity index (χ1v) is 15.6. The van der Waals surface area contributed by atoms with Gasteiger partial charge < -0.3 is 24.0 Å². The van der Waals surface area contributed by atoms with Gasteiger partial charge in [0.25, 0.3) is 0 Å². The smallest absolute Gasteiger partial charge is 0.494 e. The standard InChI is InChI=1S/C34H35N3O5S/c38-25-33(42-34(39)41-27-9-2-1-3-10-27)37-17-7-8-26-13-14-28(24-31(26)37)40-22-5-4-16-35-18-20-36(21-19-35)30-11-6-12-32-29(30)15-23-43-32/h1-3,6-15,23-25,33H,4-5,16-22H2. The Morgan fingerprint density at radius 1 is 0.907 bits per heavy atom.